The average molecular weight is 139 g/mol. The summed E-state index contributed by atoms with van der Waals surface area (Å²) in [4.78, 5) is 0. The molecule has 0 fully saturated rings. The molecule has 1 nitrogen and oxygen atoms in total. The maximum atomic E-state index is 5.37. The van der Waals surface area contributed by atoms with Crippen molar-refractivity contribution >= 4 is 0 Å². The van der Waals surface area contributed by atoms with E-state index in [0.29, 0.717) is 0 Å². The van der Waals surface area contributed by atoms with Crippen LogP contribution in [0.1, 0.15) is 34.1 Å². The molecule has 58 valence electrons. The van der Waals surface area contributed by atoms with E-state index in [-0.39, 0.29) is 0 Å². The second kappa shape index (κ2) is 4.15. The van der Waals surface area contributed by atoms with Crippen LogP contribution in [0, 0.1) is 0 Å². The molecule has 0 aromatic carbocycles. The summed E-state index contributed by atoms with van der Waals surface area (Å²) in [6, 6.07) is 0. The van der Waals surface area contributed by atoms with Crippen LogP contribution in [-0.2, 0) is 0 Å². The quantitative estimate of drug-likeness (QED) is 0.585. The van der Waals surface area contributed by atoms with Gasteiger partial charge in [-0.3, -0.25) is 0 Å². The van der Waals surface area contributed by atoms with Crippen LogP contribution < -0.4 is 5.73 Å². The summed E-state index contributed by atoms with van der Waals surface area (Å²) in [5.74, 6) is 0. The zero-order chi connectivity index (χ0) is 8.15. The van der Waals surface area contributed by atoms with E-state index in [4.69, 9.17) is 5.73 Å². The minimum absolute atomic E-state index is 1.11. The first-order valence-electron chi connectivity index (χ1n) is 3.68. The predicted octanol–water partition coefficient (Wildman–Crippen LogP) is 2.60. The first-order valence-corrected chi connectivity index (χ1v) is 3.68. The van der Waals surface area contributed by atoms with Gasteiger partial charge in [0, 0.05) is 0 Å². The third kappa shape index (κ3) is 2.26. The highest BCUT2D eigenvalue weighted by Gasteiger charge is 1.95. The van der Waals surface area contributed by atoms with E-state index in [1.807, 2.05) is 6.92 Å². The molecule has 2 N–H and O–H groups in total. The van der Waals surface area contributed by atoms with Gasteiger partial charge in [-0.05, 0) is 44.5 Å². The topological polar surface area (TPSA) is 26.0 Å². The monoisotopic (exact) mass is 139 g/mol. The lowest BCUT2D eigenvalue weighted by Gasteiger charge is -2.04. The van der Waals surface area contributed by atoms with Gasteiger partial charge in [-0.25, -0.2) is 0 Å². The normalized spacial score (nSPS) is 15.0. The zero-order valence-electron chi connectivity index (χ0n) is 7.36. The molecule has 0 aromatic rings. The van der Waals surface area contributed by atoms with Crippen LogP contribution in [0.15, 0.2) is 22.9 Å². The highest BCUT2D eigenvalue weighted by atomic mass is 14.5. The largest absolute Gasteiger partial charge is 0.404 e. The van der Waals surface area contributed by atoms with Crippen molar-refractivity contribution in [3.63, 3.8) is 0 Å². The van der Waals surface area contributed by atoms with E-state index >= 15 is 0 Å². The van der Waals surface area contributed by atoms with E-state index in [9.17, 15) is 0 Å². The van der Waals surface area contributed by atoms with Crippen molar-refractivity contribution in [1.29, 1.82) is 0 Å². The molecule has 0 saturated carbocycles. The molecule has 0 spiro atoms. The van der Waals surface area contributed by atoms with Crippen LogP contribution in [0.2, 0.25) is 0 Å². The summed E-state index contributed by atoms with van der Waals surface area (Å²) >= 11 is 0. The molecule has 0 unspecified atom stereocenters. The summed E-state index contributed by atoms with van der Waals surface area (Å²) in [6.45, 7) is 8.44. The number of rotatable bonds is 2. The molecule has 0 radical (unpaired) electrons. The van der Waals surface area contributed by atoms with E-state index in [0.717, 1.165) is 6.42 Å². The summed E-state index contributed by atoms with van der Waals surface area (Å²) in [7, 11) is 0. The van der Waals surface area contributed by atoms with Crippen molar-refractivity contribution in [2.24, 2.45) is 5.73 Å². The summed E-state index contributed by atoms with van der Waals surface area (Å²) in [5.41, 5.74) is 9.29. The van der Waals surface area contributed by atoms with Crippen LogP contribution in [0.4, 0.5) is 0 Å². The minimum atomic E-state index is 1.11. The van der Waals surface area contributed by atoms with E-state index in [2.05, 4.69) is 20.8 Å². The van der Waals surface area contributed by atoms with Crippen molar-refractivity contribution < 1.29 is 0 Å². The van der Waals surface area contributed by atoms with Crippen molar-refractivity contribution in [3.8, 4) is 0 Å². The molecule has 0 aliphatic rings. The van der Waals surface area contributed by atoms with Crippen LogP contribution in [-0.4, -0.2) is 0 Å². The van der Waals surface area contributed by atoms with Gasteiger partial charge >= 0.3 is 0 Å². The van der Waals surface area contributed by atoms with Gasteiger partial charge in [0.2, 0.25) is 0 Å². The maximum Gasteiger partial charge on any atom is -0.00299 e. The lowest BCUT2D eigenvalue weighted by atomic mass is 10.0. The van der Waals surface area contributed by atoms with Crippen LogP contribution in [0.3, 0.4) is 0 Å². The Morgan fingerprint density at radius 1 is 1.30 bits per heavy atom. The van der Waals surface area contributed by atoms with E-state index in [1.54, 1.807) is 6.20 Å². The standard InChI is InChI=1S/C9H17N/c1-5-7(2)9(4)8(3)6-10/h6H,5,10H2,1-4H3/b8-6-,9-7?. The van der Waals surface area contributed by atoms with Gasteiger partial charge in [0.05, 0.1) is 0 Å². The van der Waals surface area contributed by atoms with E-state index in [1.165, 1.54) is 16.7 Å². The van der Waals surface area contributed by atoms with Gasteiger partial charge in [0.15, 0.2) is 0 Å². The van der Waals surface area contributed by atoms with Gasteiger partial charge in [-0.15, -0.1) is 0 Å². The smallest absolute Gasteiger partial charge is 0.00299 e. The average Bonchev–Trinajstić information content (AvgIpc) is 2.00. The Kier molecular flexibility index (Phi) is 3.85. The van der Waals surface area contributed by atoms with Gasteiger partial charge in [0.1, 0.15) is 0 Å². The Morgan fingerprint density at radius 3 is 2.10 bits per heavy atom. The second-order valence-corrected chi connectivity index (χ2v) is 2.61. The summed E-state index contributed by atoms with van der Waals surface area (Å²) in [5, 5.41) is 0. The molecular weight excluding hydrogens is 122 g/mol. The first kappa shape index (κ1) is 9.28. The highest BCUT2D eigenvalue weighted by molar-refractivity contribution is 5.30. The molecule has 1 heteroatoms. The molecule has 0 aliphatic heterocycles. The fourth-order valence-electron chi connectivity index (χ4n) is 0.727. The Balaban J connectivity index is 4.46. The number of hydrogen-bond acceptors (Lipinski definition) is 1. The molecule has 0 bridgehead atoms. The van der Waals surface area contributed by atoms with Crippen molar-refractivity contribution in [2.75, 3.05) is 0 Å². The van der Waals surface area contributed by atoms with Gasteiger partial charge in [-0.2, -0.15) is 0 Å². The third-order valence-electron chi connectivity index (χ3n) is 2.01. The lowest BCUT2D eigenvalue weighted by Crippen LogP contribution is -1.89. The van der Waals surface area contributed by atoms with Crippen LogP contribution in [0.25, 0.3) is 0 Å². The van der Waals surface area contributed by atoms with Crippen molar-refractivity contribution in [1.82, 2.24) is 0 Å². The summed E-state index contributed by atoms with van der Waals surface area (Å²) in [6.07, 6.45) is 2.77. The first-order chi connectivity index (χ1) is 4.63. The molecule has 0 aliphatic carbocycles. The van der Waals surface area contributed by atoms with E-state index < -0.39 is 0 Å². The molecule has 0 aromatic heterocycles. The Labute approximate surface area is 63.6 Å². The van der Waals surface area contributed by atoms with Crippen molar-refractivity contribution in [3.05, 3.63) is 22.9 Å². The molecule has 0 rings (SSSR count). The molecule has 0 saturated heterocycles. The third-order valence-corrected chi connectivity index (χ3v) is 2.01. The second-order valence-electron chi connectivity index (χ2n) is 2.61. The van der Waals surface area contributed by atoms with Gasteiger partial charge in [-0.1, -0.05) is 12.5 Å². The van der Waals surface area contributed by atoms with Gasteiger partial charge in [0.25, 0.3) is 0 Å². The molecule has 0 atom stereocenters. The maximum absolute atomic E-state index is 5.37. The SMILES string of the molecule is CCC(C)=C(C)/C(C)=C\N. The molecular formula is C9H17N. The fourth-order valence-corrected chi connectivity index (χ4v) is 0.727. The van der Waals surface area contributed by atoms with Crippen LogP contribution >= 0.6 is 0 Å². The lowest BCUT2D eigenvalue weighted by molar-refractivity contribution is 1.05. The number of nitrogens with two attached hydrogens (primary N) is 1. The Hall–Kier alpha value is -0.720. The van der Waals surface area contributed by atoms with Crippen molar-refractivity contribution in [2.45, 2.75) is 34.1 Å². The van der Waals surface area contributed by atoms with Crippen LogP contribution in [0.5, 0.6) is 0 Å². The number of allylic oxidation sites excluding steroid dienone is 3. The number of hydrogen-bond donors (Lipinski definition) is 1. The highest BCUT2D eigenvalue weighted by Crippen LogP contribution is 2.14. The minimum Gasteiger partial charge on any atom is -0.404 e. The Bertz CT molecular complexity index is 164. The molecule has 0 heterocycles. The summed E-state index contributed by atoms with van der Waals surface area (Å²) < 4.78 is 0. The predicted molar refractivity (Wildman–Crippen MR) is 46.6 cm³/mol. The zero-order valence-corrected chi connectivity index (χ0v) is 7.36. The molecule has 10 heavy (non-hydrogen) atoms. The Morgan fingerprint density at radius 2 is 1.80 bits per heavy atom. The van der Waals surface area contributed by atoms with Gasteiger partial charge < -0.3 is 5.73 Å². The fraction of sp³-hybridized carbons (Fsp3) is 0.556. The molecule has 0 amide bonds.